The molecule has 0 aromatic rings. The van der Waals surface area contributed by atoms with E-state index < -0.39 is 0 Å². The number of rotatable bonds is 4. The number of hydrogen-bond donors (Lipinski definition) is 3. The molecule has 24 heavy (non-hydrogen) atoms. The van der Waals surface area contributed by atoms with Gasteiger partial charge >= 0.3 is 6.03 Å². The Morgan fingerprint density at radius 1 is 1.04 bits per heavy atom. The molecule has 2 unspecified atom stereocenters. The van der Waals surface area contributed by atoms with E-state index in [1.165, 1.54) is 19.3 Å². The first-order valence-electron chi connectivity index (χ1n) is 9.29. The van der Waals surface area contributed by atoms with Crippen molar-refractivity contribution in [3.8, 4) is 0 Å². The van der Waals surface area contributed by atoms with Gasteiger partial charge in [0.05, 0.1) is 5.92 Å². The quantitative estimate of drug-likeness (QED) is 0.715. The Labute approximate surface area is 150 Å². The fourth-order valence-corrected chi connectivity index (χ4v) is 4.01. The lowest BCUT2D eigenvalue weighted by Crippen LogP contribution is -2.51. The summed E-state index contributed by atoms with van der Waals surface area (Å²) in [4.78, 5) is 26.6. The van der Waals surface area contributed by atoms with Crippen molar-refractivity contribution in [2.75, 3.05) is 26.2 Å². The first-order valence-corrected chi connectivity index (χ1v) is 9.29. The lowest BCUT2D eigenvalue weighted by molar-refractivity contribution is -0.126. The Morgan fingerprint density at radius 2 is 1.83 bits per heavy atom. The summed E-state index contributed by atoms with van der Waals surface area (Å²) in [5, 5.41) is 9.59. The summed E-state index contributed by atoms with van der Waals surface area (Å²) in [6.07, 6.45) is 8.75. The summed E-state index contributed by atoms with van der Waals surface area (Å²) in [5.41, 5.74) is 0. The van der Waals surface area contributed by atoms with Gasteiger partial charge in [-0.3, -0.25) is 4.79 Å². The summed E-state index contributed by atoms with van der Waals surface area (Å²) < 4.78 is 0. The van der Waals surface area contributed by atoms with Gasteiger partial charge in [0, 0.05) is 31.7 Å². The SMILES string of the molecule is Cl.O=C(NCC1CCCN1)C1CCCN(C(=O)NC2CCCC2)C1. The molecule has 0 spiro atoms. The highest BCUT2D eigenvalue weighted by molar-refractivity contribution is 5.85. The number of amides is 3. The number of urea groups is 1. The highest BCUT2D eigenvalue weighted by Crippen LogP contribution is 2.20. The van der Waals surface area contributed by atoms with Crippen LogP contribution in [-0.4, -0.2) is 55.1 Å². The minimum Gasteiger partial charge on any atom is -0.354 e. The molecule has 6 nitrogen and oxygen atoms in total. The molecule has 0 aromatic heterocycles. The van der Waals surface area contributed by atoms with Crippen molar-refractivity contribution in [2.24, 2.45) is 5.92 Å². The summed E-state index contributed by atoms with van der Waals surface area (Å²) in [7, 11) is 0. The highest BCUT2D eigenvalue weighted by Gasteiger charge is 2.30. The van der Waals surface area contributed by atoms with E-state index in [1.54, 1.807) is 0 Å². The van der Waals surface area contributed by atoms with Gasteiger partial charge in [-0.1, -0.05) is 12.8 Å². The van der Waals surface area contributed by atoms with E-state index in [-0.39, 0.29) is 30.3 Å². The van der Waals surface area contributed by atoms with E-state index >= 15 is 0 Å². The predicted molar refractivity (Wildman–Crippen MR) is 96.4 cm³/mol. The zero-order valence-corrected chi connectivity index (χ0v) is 15.2. The minimum atomic E-state index is -0.0560. The Hall–Kier alpha value is -1.01. The topological polar surface area (TPSA) is 73.5 Å². The zero-order chi connectivity index (χ0) is 16.1. The van der Waals surface area contributed by atoms with Gasteiger partial charge in [-0.2, -0.15) is 0 Å². The Morgan fingerprint density at radius 3 is 2.54 bits per heavy atom. The number of nitrogens with zero attached hydrogens (tertiary/aromatic N) is 1. The van der Waals surface area contributed by atoms with Crippen LogP contribution in [0.2, 0.25) is 0 Å². The molecule has 1 saturated carbocycles. The first kappa shape index (κ1) is 19.3. The number of hydrogen-bond acceptors (Lipinski definition) is 3. The largest absolute Gasteiger partial charge is 0.354 e. The normalized spacial score (nSPS) is 27.6. The number of likely N-dealkylation sites (tertiary alicyclic amines) is 1. The van der Waals surface area contributed by atoms with Crippen LogP contribution < -0.4 is 16.0 Å². The van der Waals surface area contributed by atoms with Gasteiger partial charge in [-0.05, 0) is 45.1 Å². The number of nitrogens with one attached hydrogen (secondary N) is 3. The summed E-state index contributed by atoms with van der Waals surface area (Å²) in [6.45, 7) is 3.09. The maximum absolute atomic E-state index is 12.4. The molecule has 2 heterocycles. The molecule has 2 aliphatic heterocycles. The second kappa shape index (κ2) is 9.47. The maximum Gasteiger partial charge on any atom is 0.317 e. The van der Waals surface area contributed by atoms with Gasteiger partial charge in [0.1, 0.15) is 0 Å². The zero-order valence-electron chi connectivity index (χ0n) is 14.4. The van der Waals surface area contributed by atoms with Gasteiger partial charge in [0.25, 0.3) is 0 Å². The van der Waals surface area contributed by atoms with E-state index in [1.807, 2.05) is 4.90 Å². The average molecular weight is 359 g/mol. The molecule has 3 rings (SSSR count). The number of halogens is 1. The summed E-state index contributed by atoms with van der Waals surface area (Å²) in [6, 6.07) is 0.779. The molecule has 0 bridgehead atoms. The van der Waals surface area contributed by atoms with E-state index in [0.717, 1.165) is 45.2 Å². The Balaban J connectivity index is 0.00000208. The summed E-state index contributed by atoms with van der Waals surface area (Å²) in [5.74, 6) is 0.0524. The average Bonchev–Trinajstić information content (AvgIpc) is 3.26. The van der Waals surface area contributed by atoms with Crippen molar-refractivity contribution in [2.45, 2.75) is 63.5 Å². The third kappa shape index (κ3) is 5.24. The third-order valence-electron chi connectivity index (χ3n) is 5.45. The van der Waals surface area contributed by atoms with Crippen LogP contribution in [0.3, 0.4) is 0 Å². The van der Waals surface area contributed by atoms with Crippen molar-refractivity contribution in [1.29, 1.82) is 0 Å². The van der Waals surface area contributed by atoms with Crippen LogP contribution in [0.25, 0.3) is 0 Å². The molecule has 138 valence electrons. The minimum absolute atomic E-state index is 0. The van der Waals surface area contributed by atoms with Crippen molar-refractivity contribution in [1.82, 2.24) is 20.9 Å². The van der Waals surface area contributed by atoms with Crippen molar-refractivity contribution in [3.05, 3.63) is 0 Å². The molecule has 3 amide bonds. The molecular weight excluding hydrogens is 328 g/mol. The van der Waals surface area contributed by atoms with Crippen molar-refractivity contribution in [3.63, 3.8) is 0 Å². The molecule has 1 aliphatic carbocycles. The number of piperidine rings is 1. The molecule has 2 atom stereocenters. The predicted octanol–water partition coefficient (Wildman–Crippen LogP) is 1.64. The Kier molecular flexibility index (Phi) is 7.62. The molecule has 3 N–H and O–H groups in total. The van der Waals surface area contributed by atoms with Crippen LogP contribution in [0.4, 0.5) is 4.79 Å². The molecular formula is C17H31ClN4O2. The second-order valence-electron chi connectivity index (χ2n) is 7.25. The first-order chi connectivity index (χ1) is 11.2. The van der Waals surface area contributed by atoms with Crippen LogP contribution in [-0.2, 0) is 4.79 Å². The second-order valence-corrected chi connectivity index (χ2v) is 7.25. The monoisotopic (exact) mass is 358 g/mol. The fourth-order valence-electron chi connectivity index (χ4n) is 4.01. The van der Waals surface area contributed by atoms with Crippen LogP contribution in [0.15, 0.2) is 0 Å². The van der Waals surface area contributed by atoms with Gasteiger partial charge in [0.15, 0.2) is 0 Å². The van der Waals surface area contributed by atoms with Crippen molar-refractivity contribution >= 4 is 24.3 Å². The fraction of sp³-hybridized carbons (Fsp3) is 0.882. The lowest BCUT2D eigenvalue weighted by atomic mass is 9.97. The van der Waals surface area contributed by atoms with E-state index in [4.69, 9.17) is 0 Å². The van der Waals surface area contributed by atoms with Gasteiger partial charge in [-0.15, -0.1) is 12.4 Å². The molecule has 2 saturated heterocycles. The molecule has 0 radical (unpaired) electrons. The Bertz CT molecular complexity index is 423. The van der Waals surface area contributed by atoms with E-state index in [2.05, 4.69) is 16.0 Å². The number of carbonyl (C=O) groups is 2. The van der Waals surface area contributed by atoms with E-state index in [0.29, 0.717) is 25.2 Å². The smallest absolute Gasteiger partial charge is 0.317 e. The number of carbonyl (C=O) groups excluding carboxylic acids is 2. The summed E-state index contributed by atoms with van der Waals surface area (Å²) >= 11 is 0. The molecule has 3 aliphatic rings. The van der Waals surface area contributed by atoms with Crippen LogP contribution in [0.1, 0.15) is 51.4 Å². The highest BCUT2D eigenvalue weighted by atomic mass is 35.5. The van der Waals surface area contributed by atoms with Crippen LogP contribution >= 0.6 is 12.4 Å². The van der Waals surface area contributed by atoms with Crippen LogP contribution in [0, 0.1) is 5.92 Å². The third-order valence-corrected chi connectivity index (χ3v) is 5.45. The van der Waals surface area contributed by atoms with E-state index in [9.17, 15) is 9.59 Å². The lowest BCUT2D eigenvalue weighted by Gasteiger charge is -2.33. The van der Waals surface area contributed by atoms with Gasteiger partial charge in [0.2, 0.25) is 5.91 Å². The molecule has 0 aromatic carbocycles. The molecule has 7 heteroatoms. The standard InChI is InChI=1S/C17H30N4O2.ClH/c22-16(19-11-15-8-3-9-18-15)13-5-4-10-21(12-13)17(23)20-14-6-1-2-7-14;/h13-15,18H,1-12H2,(H,19,22)(H,20,23);1H. The van der Waals surface area contributed by atoms with Crippen LogP contribution in [0.5, 0.6) is 0 Å². The van der Waals surface area contributed by atoms with Crippen molar-refractivity contribution < 1.29 is 9.59 Å². The maximum atomic E-state index is 12.4. The van der Waals surface area contributed by atoms with Gasteiger partial charge in [-0.25, -0.2) is 4.79 Å². The molecule has 3 fully saturated rings. The van der Waals surface area contributed by atoms with Gasteiger partial charge < -0.3 is 20.9 Å².